The summed E-state index contributed by atoms with van der Waals surface area (Å²) in [5.74, 6) is -0.432. The van der Waals surface area contributed by atoms with Crippen LogP contribution in [0.2, 0.25) is 0 Å². The van der Waals surface area contributed by atoms with Gasteiger partial charge in [0.2, 0.25) is 0 Å². The molecule has 4 atom stereocenters. The van der Waals surface area contributed by atoms with Gasteiger partial charge in [0.1, 0.15) is 5.78 Å². The van der Waals surface area contributed by atoms with Gasteiger partial charge in [-0.2, -0.15) is 0 Å². The number of carbonyl (C=O) groups is 2. The third-order valence-electron chi connectivity index (χ3n) is 5.13. The van der Waals surface area contributed by atoms with E-state index in [0.29, 0.717) is 6.42 Å². The number of carbonyl (C=O) groups excluding carboxylic acids is 2. The van der Waals surface area contributed by atoms with Crippen molar-refractivity contribution in [1.82, 2.24) is 0 Å². The van der Waals surface area contributed by atoms with Gasteiger partial charge in [-0.05, 0) is 25.7 Å². The van der Waals surface area contributed by atoms with Gasteiger partial charge >= 0.3 is 5.97 Å². The van der Waals surface area contributed by atoms with Gasteiger partial charge in [-0.25, -0.2) is 0 Å². The highest BCUT2D eigenvalue weighted by Crippen LogP contribution is 2.59. The molecule has 2 bridgehead atoms. The molecule has 0 N–H and O–H groups in total. The van der Waals surface area contributed by atoms with Crippen molar-refractivity contribution >= 4 is 11.8 Å². The fourth-order valence-electron chi connectivity index (χ4n) is 3.50. The van der Waals surface area contributed by atoms with Crippen LogP contribution in [0.5, 0.6) is 0 Å². The molecule has 94 valence electrons. The molecule has 0 amide bonds. The normalized spacial score (nSPS) is 44.5. The Hall–Kier alpha value is -1.12. The summed E-state index contributed by atoms with van der Waals surface area (Å²) < 4.78 is 4.85. The van der Waals surface area contributed by atoms with Crippen LogP contribution in [-0.2, 0) is 14.3 Å². The molecule has 0 aromatic heterocycles. The molecule has 3 rings (SSSR count). The van der Waals surface area contributed by atoms with E-state index in [9.17, 15) is 9.59 Å². The van der Waals surface area contributed by atoms with Gasteiger partial charge < -0.3 is 4.74 Å². The van der Waals surface area contributed by atoms with E-state index in [1.807, 2.05) is 19.9 Å². The summed E-state index contributed by atoms with van der Waals surface area (Å²) in [7, 11) is 1.39. The topological polar surface area (TPSA) is 43.4 Å². The molecular weight excluding hydrogens is 216 g/mol. The third kappa shape index (κ3) is 1.34. The quantitative estimate of drug-likeness (QED) is 0.518. The van der Waals surface area contributed by atoms with Crippen molar-refractivity contribution in [2.45, 2.75) is 34.1 Å². The van der Waals surface area contributed by atoms with E-state index in [1.165, 1.54) is 12.7 Å². The molecule has 1 unspecified atom stereocenters. The van der Waals surface area contributed by atoms with Crippen molar-refractivity contribution in [3.8, 4) is 0 Å². The third-order valence-corrected chi connectivity index (χ3v) is 5.13. The van der Waals surface area contributed by atoms with Crippen molar-refractivity contribution in [3.05, 3.63) is 11.6 Å². The molecule has 1 saturated carbocycles. The van der Waals surface area contributed by atoms with Crippen LogP contribution in [0.4, 0.5) is 0 Å². The Bertz CT molecular complexity index is 423. The lowest BCUT2D eigenvalue weighted by atomic mass is 9.47. The molecule has 0 radical (unpaired) electrons. The zero-order valence-electron chi connectivity index (χ0n) is 11.2. The van der Waals surface area contributed by atoms with Gasteiger partial charge in [0.05, 0.1) is 18.4 Å². The molecule has 3 aliphatic carbocycles. The Kier molecular flexibility index (Phi) is 2.49. The second-order valence-corrected chi connectivity index (χ2v) is 5.89. The number of allylic oxidation sites excluding steroid dienone is 2. The summed E-state index contributed by atoms with van der Waals surface area (Å²) in [4.78, 5) is 24.3. The first-order chi connectivity index (χ1) is 7.77. The number of esters is 1. The van der Waals surface area contributed by atoms with E-state index in [4.69, 9.17) is 4.74 Å². The van der Waals surface area contributed by atoms with Gasteiger partial charge in [-0.1, -0.05) is 25.5 Å². The number of hydrogen-bond acceptors (Lipinski definition) is 3. The zero-order chi connectivity index (χ0) is 13.0. The van der Waals surface area contributed by atoms with Crippen LogP contribution in [0.1, 0.15) is 34.1 Å². The van der Waals surface area contributed by atoms with Gasteiger partial charge in [-0.3, -0.25) is 9.59 Å². The molecule has 0 heterocycles. The lowest BCUT2D eigenvalue weighted by Crippen LogP contribution is -2.57. The van der Waals surface area contributed by atoms with E-state index in [-0.39, 0.29) is 29.0 Å². The summed E-state index contributed by atoms with van der Waals surface area (Å²) in [5.41, 5.74) is 0.370. The molecule has 0 aromatic carbocycles. The average Bonchev–Trinajstić information content (AvgIpc) is 2.29. The zero-order valence-corrected chi connectivity index (χ0v) is 11.2. The van der Waals surface area contributed by atoms with E-state index >= 15 is 0 Å². The minimum absolute atomic E-state index is 0.0154. The Balaban J connectivity index is 2.55. The van der Waals surface area contributed by atoms with Crippen LogP contribution in [0.25, 0.3) is 0 Å². The fraction of sp³-hybridized carbons (Fsp3) is 0.714. The Morgan fingerprint density at radius 2 is 2.06 bits per heavy atom. The SMILES string of the molecule is COC(=O)[C@H]1C[C@@]2(C)C(C)=C[C@]1(C)C(=O)C2C. The number of Topliss-reactive ketones (excluding diaryl/α,β-unsaturated/α-hetero) is 1. The Labute approximate surface area is 102 Å². The lowest BCUT2D eigenvalue weighted by Gasteiger charge is -2.54. The molecule has 1 fully saturated rings. The second kappa shape index (κ2) is 3.44. The van der Waals surface area contributed by atoms with Crippen LogP contribution >= 0.6 is 0 Å². The van der Waals surface area contributed by atoms with Crippen LogP contribution in [0, 0.1) is 22.7 Å². The molecule has 0 aromatic rings. The van der Waals surface area contributed by atoms with E-state index in [2.05, 4.69) is 13.8 Å². The molecule has 0 aliphatic heterocycles. The summed E-state index contributed by atoms with van der Waals surface area (Å²) in [6.45, 7) is 7.99. The van der Waals surface area contributed by atoms with Crippen molar-refractivity contribution in [3.63, 3.8) is 0 Å². The Morgan fingerprint density at radius 1 is 1.47 bits per heavy atom. The van der Waals surface area contributed by atoms with Crippen LogP contribution < -0.4 is 0 Å². The first-order valence-corrected chi connectivity index (χ1v) is 6.09. The largest absolute Gasteiger partial charge is 0.469 e. The number of hydrogen-bond donors (Lipinski definition) is 0. The molecular formula is C14H20O3. The van der Waals surface area contributed by atoms with Gasteiger partial charge in [0.15, 0.2) is 0 Å². The first kappa shape index (κ1) is 12.3. The minimum atomic E-state index is -0.672. The maximum atomic E-state index is 12.4. The molecule has 3 heteroatoms. The standard InChI is InChI=1S/C14H20O3/c1-8-6-14(4)10(12(16)17-5)7-13(8,3)9(2)11(14)15/h6,9-10H,7H2,1-5H3/t9?,10-,13+,14+/m1/s1. The highest BCUT2D eigenvalue weighted by atomic mass is 16.5. The van der Waals surface area contributed by atoms with E-state index in [0.717, 1.165) is 0 Å². The maximum Gasteiger partial charge on any atom is 0.310 e. The number of rotatable bonds is 1. The van der Waals surface area contributed by atoms with Crippen LogP contribution in [0.15, 0.2) is 11.6 Å². The molecule has 17 heavy (non-hydrogen) atoms. The molecule has 0 saturated heterocycles. The lowest BCUT2D eigenvalue weighted by molar-refractivity contribution is -0.163. The number of methoxy groups -OCH3 is 1. The predicted molar refractivity (Wildman–Crippen MR) is 64.3 cm³/mol. The van der Waals surface area contributed by atoms with Crippen molar-refractivity contribution in [2.24, 2.45) is 22.7 Å². The fourth-order valence-corrected chi connectivity index (χ4v) is 3.50. The van der Waals surface area contributed by atoms with Gasteiger partial charge in [0.25, 0.3) is 0 Å². The van der Waals surface area contributed by atoms with Crippen molar-refractivity contribution in [1.29, 1.82) is 0 Å². The average molecular weight is 236 g/mol. The van der Waals surface area contributed by atoms with Gasteiger partial charge in [0, 0.05) is 5.92 Å². The van der Waals surface area contributed by atoms with Crippen LogP contribution in [0.3, 0.4) is 0 Å². The van der Waals surface area contributed by atoms with Crippen LogP contribution in [-0.4, -0.2) is 18.9 Å². The molecule has 3 aliphatic rings. The number of ketones is 1. The summed E-state index contributed by atoms with van der Waals surface area (Å²) in [5, 5.41) is 0. The monoisotopic (exact) mass is 236 g/mol. The highest BCUT2D eigenvalue weighted by Gasteiger charge is 2.60. The highest BCUT2D eigenvalue weighted by molar-refractivity contribution is 5.96. The maximum absolute atomic E-state index is 12.4. The summed E-state index contributed by atoms with van der Waals surface area (Å²) in [6, 6.07) is 0. The van der Waals surface area contributed by atoms with Crippen molar-refractivity contribution in [2.75, 3.05) is 7.11 Å². The summed E-state index contributed by atoms with van der Waals surface area (Å²) in [6.07, 6.45) is 2.70. The predicted octanol–water partition coefficient (Wildman–Crippen LogP) is 2.36. The molecule has 0 spiro atoms. The first-order valence-electron chi connectivity index (χ1n) is 6.09. The minimum Gasteiger partial charge on any atom is -0.469 e. The van der Waals surface area contributed by atoms with E-state index in [1.54, 1.807) is 0 Å². The summed E-state index contributed by atoms with van der Waals surface area (Å²) >= 11 is 0. The number of ether oxygens (including phenoxy) is 1. The van der Waals surface area contributed by atoms with Crippen molar-refractivity contribution < 1.29 is 14.3 Å². The number of fused-ring (bicyclic) bond motifs is 2. The molecule has 3 nitrogen and oxygen atoms in total. The van der Waals surface area contributed by atoms with E-state index < -0.39 is 5.41 Å². The second-order valence-electron chi connectivity index (χ2n) is 5.89. The Morgan fingerprint density at radius 3 is 2.59 bits per heavy atom. The smallest absolute Gasteiger partial charge is 0.310 e. The van der Waals surface area contributed by atoms with Gasteiger partial charge in [-0.15, -0.1) is 0 Å².